The lowest BCUT2D eigenvalue weighted by Crippen LogP contribution is -2.50. The summed E-state index contributed by atoms with van der Waals surface area (Å²) in [5.74, 6) is -3.52. The van der Waals surface area contributed by atoms with Crippen LogP contribution in [0, 0.1) is 39.0 Å². The van der Waals surface area contributed by atoms with Crippen molar-refractivity contribution in [2.45, 2.75) is 19.0 Å². The van der Waals surface area contributed by atoms with Gasteiger partial charge in [0.2, 0.25) is 17.7 Å². The highest BCUT2D eigenvalue weighted by atomic mass is 16.6. The second-order valence-electron chi connectivity index (χ2n) is 9.85. The predicted molar refractivity (Wildman–Crippen MR) is 145 cm³/mol. The first kappa shape index (κ1) is 24.9. The number of anilines is 3. The van der Waals surface area contributed by atoms with Crippen molar-refractivity contribution in [3.05, 3.63) is 104 Å². The number of amides is 3. The number of non-ortho nitro benzene ring substituents is 2. The molecular weight excluding hydrogens is 518 g/mol. The fourth-order valence-corrected chi connectivity index (χ4v) is 5.94. The van der Waals surface area contributed by atoms with Gasteiger partial charge in [0.15, 0.2) is 0 Å². The number of aryl methyl sites for hydroxylation is 1. The molecule has 4 atom stereocenters. The quantitative estimate of drug-likeness (QED) is 0.291. The summed E-state index contributed by atoms with van der Waals surface area (Å²) in [7, 11) is 0. The van der Waals surface area contributed by atoms with Crippen LogP contribution in [0.1, 0.15) is 11.1 Å². The Kier molecular flexibility index (Phi) is 5.68. The fourth-order valence-electron chi connectivity index (χ4n) is 5.94. The van der Waals surface area contributed by atoms with Crippen LogP contribution in [0.15, 0.2) is 72.8 Å². The third-order valence-electron chi connectivity index (χ3n) is 7.66. The van der Waals surface area contributed by atoms with E-state index < -0.39 is 51.5 Å². The molecule has 0 bridgehead atoms. The molecule has 1 N–H and O–H groups in total. The summed E-state index contributed by atoms with van der Waals surface area (Å²) < 4.78 is 0. The van der Waals surface area contributed by atoms with E-state index in [2.05, 4.69) is 5.32 Å². The maximum absolute atomic E-state index is 14.0. The Hall–Kier alpha value is -5.39. The molecule has 40 heavy (non-hydrogen) atoms. The monoisotopic (exact) mass is 539 g/mol. The standard InChI is InChI=1S/C28H21N5O7/c1-15-14-19(33(39)40)11-13-20(15)31-27(35)23-22-12-6-16-4-2-3-5-21(16)30(22)25(24(23)28(31)36)26(34)29-17-7-9-18(10-8-17)32(37)38/h2-14,22-25H,1H3,(H,29,34)/t22-,23+,24-,25+/m1/s1. The third kappa shape index (κ3) is 3.72. The van der Waals surface area contributed by atoms with E-state index >= 15 is 0 Å². The van der Waals surface area contributed by atoms with E-state index in [-0.39, 0.29) is 17.1 Å². The van der Waals surface area contributed by atoms with Crippen molar-refractivity contribution in [3.63, 3.8) is 0 Å². The number of carbonyl (C=O) groups is 3. The number of nitro groups is 2. The van der Waals surface area contributed by atoms with Gasteiger partial charge in [-0.15, -0.1) is 0 Å². The molecule has 2 saturated heterocycles. The number of nitrogens with zero attached hydrogens (tertiary/aromatic N) is 4. The van der Waals surface area contributed by atoms with Crippen LogP contribution in [0.3, 0.4) is 0 Å². The average molecular weight is 540 g/mol. The smallest absolute Gasteiger partial charge is 0.269 e. The zero-order valence-corrected chi connectivity index (χ0v) is 21.0. The minimum atomic E-state index is -1.07. The minimum Gasteiger partial charge on any atom is -0.351 e. The van der Waals surface area contributed by atoms with E-state index in [4.69, 9.17) is 0 Å². The zero-order chi connectivity index (χ0) is 28.3. The van der Waals surface area contributed by atoms with Gasteiger partial charge < -0.3 is 10.2 Å². The summed E-state index contributed by atoms with van der Waals surface area (Å²) >= 11 is 0. The Morgan fingerprint density at radius 3 is 2.17 bits per heavy atom. The number of carbonyl (C=O) groups excluding carboxylic acids is 3. The molecule has 0 aromatic heterocycles. The molecule has 0 spiro atoms. The van der Waals surface area contributed by atoms with Gasteiger partial charge in [-0.1, -0.05) is 30.4 Å². The number of fused-ring (bicyclic) bond motifs is 5. The van der Waals surface area contributed by atoms with Crippen LogP contribution >= 0.6 is 0 Å². The van der Waals surface area contributed by atoms with E-state index in [9.17, 15) is 34.6 Å². The molecule has 200 valence electrons. The van der Waals surface area contributed by atoms with E-state index in [1.54, 1.807) is 11.8 Å². The topological polar surface area (TPSA) is 156 Å². The SMILES string of the molecule is Cc1cc([N+](=O)[O-])ccc1N1C(=O)[C@@H]2[C@@H](C1=O)[C@@H](C(=O)Nc1ccc([N+](=O)[O-])cc1)N1c3ccccc3C=C[C@H]21. The largest absolute Gasteiger partial charge is 0.351 e. The number of nitro benzene ring substituents is 2. The molecule has 0 radical (unpaired) electrons. The van der Waals surface area contributed by atoms with Crippen LogP contribution in [-0.2, 0) is 14.4 Å². The van der Waals surface area contributed by atoms with Crippen LogP contribution < -0.4 is 15.1 Å². The second-order valence-corrected chi connectivity index (χ2v) is 9.85. The number of hydrogen-bond donors (Lipinski definition) is 1. The summed E-state index contributed by atoms with van der Waals surface area (Å²) in [6, 6.07) is 14.9. The molecule has 3 aromatic carbocycles. The van der Waals surface area contributed by atoms with Crippen molar-refractivity contribution in [1.82, 2.24) is 0 Å². The van der Waals surface area contributed by atoms with Crippen molar-refractivity contribution in [2.75, 3.05) is 15.1 Å². The van der Waals surface area contributed by atoms with Gasteiger partial charge in [0.1, 0.15) is 6.04 Å². The van der Waals surface area contributed by atoms with Gasteiger partial charge in [0.25, 0.3) is 11.4 Å². The number of benzene rings is 3. The number of nitrogens with one attached hydrogen (secondary N) is 1. The van der Waals surface area contributed by atoms with Crippen molar-refractivity contribution in [2.24, 2.45) is 11.8 Å². The van der Waals surface area contributed by atoms with E-state index in [0.717, 1.165) is 10.5 Å². The van der Waals surface area contributed by atoms with E-state index in [1.165, 1.54) is 42.5 Å². The third-order valence-corrected chi connectivity index (χ3v) is 7.66. The maximum Gasteiger partial charge on any atom is 0.269 e. The van der Waals surface area contributed by atoms with E-state index in [1.807, 2.05) is 36.4 Å². The number of para-hydroxylation sites is 1. The molecule has 0 saturated carbocycles. The molecule has 0 aliphatic carbocycles. The molecule has 3 heterocycles. The zero-order valence-electron chi connectivity index (χ0n) is 21.0. The van der Waals surface area contributed by atoms with Crippen molar-refractivity contribution in [3.8, 4) is 0 Å². The molecular formula is C28H21N5O7. The normalized spacial score (nSPS) is 22.5. The van der Waals surface area contributed by atoms with Crippen LogP contribution in [0.2, 0.25) is 0 Å². The van der Waals surface area contributed by atoms with Crippen molar-refractivity contribution >= 4 is 52.2 Å². The van der Waals surface area contributed by atoms with Gasteiger partial charge in [0.05, 0.1) is 33.4 Å². The Labute approximate surface area is 226 Å². The summed E-state index contributed by atoms with van der Waals surface area (Å²) in [6.07, 6.45) is 3.68. The van der Waals surface area contributed by atoms with Crippen LogP contribution in [-0.4, -0.2) is 39.7 Å². The first-order valence-electron chi connectivity index (χ1n) is 12.4. The van der Waals surface area contributed by atoms with Crippen LogP contribution in [0.5, 0.6) is 0 Å². The maximum atomic E-state index is 14.0. The van der Waals surface area contributed by atoms with Gasteiger partial charge in [-0.25, -0.2) is 4.90 Å². The molecule has 3 aliphatic rings. The average Bonchev–Trinajstić information content (AvgIpc) is 3.41. The highest BCUT2D eigenvalue weighted by Gasteiger charge is 2.64. The van der Waals surface area contributed by atoms with Gasteiger partial charge >= 0.3 is 0 Å². The molecule has 3 amide bonds. The first-order valence-corrected chi connectivity index (χ1v) is 12.4. The lowest BCUT2D eigenvalue weighted by Gasteiger charge is -2.36. The molecule has 3 aromatic rings. The Morgan fingerprint density at radius 2 is 1.50 bits per heavy atom. The molecule has 12 heteroatoms. The number of rotatable bonds is 5. The summed E-state index contributed by atoms with van der Waals surface area (Å²) in [5.41, 5.74) is 2.14. The Bertz CT molecular complexity index is 1650. The predicted octanol–water partition coefficient (Wildman–Crippen LogP) is 3.84. The minimum absolute atomic E-state index is 0.139. The van der Waals surface area contributed by atoms with Gasteiger partial charge in [-0.2, -0.15) is 0 Å². The Balaban J connectivity index is 1.41. The van der Waals surface area contributed by atoms with Crippen molar-refractivity contribution < 1.29 is 24.2 Å². The lowest BCUT2D eigenvalue weighted by atomic mass is 9.88. The Morgan fingerprint density at radius 1 is 0.850 bits per heavy atom. The highest BCUT2D eigenvalue weighted by molar-refractivity contribution is 6.25. The van der Waals surface area contributed by atoms with Crippen LogP contribution in [0.25, 0.3) is 6.08 Å². The summed E-state index contributed by atoms with van der Waals surface area (Å²) in [4.78, 5) is 65.7. The molecule has 2 fully saturated rings. The summed E-state index contributed by atoms with van der Waals surface area (Å²) in [5, 5.41) is 25.0. The molecule has 3 aliphatic heterocycles. The number of imide groups is 1. The lowest BCUT2D eigenvalue weighted by molar-refractivity contribution is -0.385. The number of hydrogen-bond acceptors (Lipinski definition) is 8. The van der Waals surface area contributed by atoms with Crippen molar-refractivity contribution in [1.29, 1.82) is 0 Å². The van der Waals surface area contributed by atoms with Gasteiger partial charge in [-0.05, 0) is 42.3 Å². The first-order chi connectivity index (χ1) is 19.2. The van der Waals surface area contributed by atoms with Gasteiger partial charge in [-0.3, -0.25) is 34.6 Å². The second kappa shape index (κ2) is 9.12. The molecule has 12 nitrogen and oxygen atoms in total. The fraction of sp³-hybridized carbons (Fsp3) is 0.179. The molecule has 6 rings (SSSR count). The summed E-state index contributed by atoms with van der Waals surface area (Å²) in [6.45, 7) is 1.58. The molecule has 0 unspecified atom stereocenters. The highest BCUT2D eigenvalue weighted by Crippen LogP contribution is 2.49. The van der Waals surface area contributed by atoms with Crippen LogP contribution in [0.4, 0.5) is 28.4 Å². The van der Waals surface area contributed by atoms with E-state index in [0.29, 0.717) is 16.9 Å². The van der Waals surface area contributed by atoms with Gasteiger partial charge in [0, 0.05) is 35.6 Å².